The van der Waals surface area contributed by atoms with Crippen molar-refractivity contribution in [1.29, 1.82) is 0 Å². The Morgan fingerprint density at radius 1 is 1.38 bits per heavy atom. The SMILES string of the molecule is CN(C)C(=O)[C@@H]1CN(Cc2cc(F)cc(F)c2F)CCN1. The van der Waals surface area contributed by atoms with Gasteiger partial charge in [0.2, 0.25) is 5.91 Å². The van der Waals surface area contributed by atoms with Gasteiger partial charge in [-0.2, -0.15) is 0 Å². The normalized spacial score (nSPS) is 19.6. The van der Waals surface area contributed by atoms with Gasteiger partial charge in [0.05, 0.1) is 6.04 Å². The summed E-state index contributed by atoms with van der Waals surface area (Å²) in [5.41, 5.74) is -0.0366. The number of amides is 1. The van der Waals surface area contributed by atoms with Crippen LogP contribution in [0.4, 0.5) is 13.2 Å². The molecule has 0 spiro atoms. The van der Waals surface area contributed by atoms with E-state index < -0.39 is 23.5 Å². The van der Waals surface area contributed by atoms with E-state index in [0.29, 0.717) is 25.7 Å². The Morgan fingerprint density at radius 3 is 2.76 bits per heavy atom. The summed E-state index contributed by atoms with van der Waals surface area (Å²) in [5.74, 6) is -3.11. The summed E-state index contributed by atoms with van der Waals surface area (Å²) in [5, 5.41) is 3.08. The summed E-state index contributed by atoms with van der Waals surface area (Å²) >= 11 is 0. The Kier molecular flexibility index (Phi) is 4.84. The average Bonchev–Trinajstić information content (AvgIpc) is 2.43. The number of halogens is 3. The first-order valence-corrected chi connectivity index (χ1v) is 6.69. The lowest BCUT2D eigenvalue weighted by atomic mass is 10.1. The highest BCUT2D eigenvalue weighted by molar-refractivity contribution is 5.81. The number of nitrogens with zero attached hydrogens (tertiary/aromatic N) is 2. The molecular formula is C14H18F3N3O. The van der Waals surface area contributed by atoms with Gasteiger partial charge >= 0.3 is 0 Å². The van der Waals surface area contributed by atoms with Crippen molar-refractivity contribution < 1.29 is 18.0 Å². The van der Waals surface area contributed by atoms with Crippen LogP contribution in [0.2, 0.25) is 0 Å². The van der Waals surface area contributed by atoms with Crippen molar-refractivity contribution in [2.24, 2.45) is 0 Å². The highest BCUT2D eigenvalue weighted by atomic mass is 19.2. The lowest BCUT2D eigenvalue weighted by Gasteiger charge is -2.34. The molecule has 21 heavy (non-hydrogen) atoms. The zero-order chi connectivity index (χ0) is 15.6. The van der Waals surface area contributed by atoms with Crippen LogP contribution in [0, 0.1) is 17.5 Å². The van der Waals surface area contributed by atoms with Gasteiger partial charge in [-0.3, -0.25) is 9.69 Å². The summed E-state index contributed by atoms with van der Waals surface area (Å²) in [6, 6.07) is 1.12. The Morgan fingerprint density at radius 2 is 2.10 bits per heavy atom. The molecule has 1 fully saturated rings. The number of rotatable bonds is 3. The third kappa shape index (κ3) is 3.74. The van der Waals surface area contributed by atoms with Gasteiger partial charge in [-0.1, -0.05) is 0 Å². The molecule has 1 aromatic rings. The monoisotopic (exact) mass is 301 g/mol. The minimum absolute atomic E-state index is 0.0366. The van der Waals surface area contributed by atoms with E-state index in [0.717, 1.165) is 6.07 Å². The van der Waals surface area contributed by atoms with Gasteiger partial charge < -0.3 is 10.2 Å². The maximum absolute atomic E-state index is 13.7. The fourth-order valence-corrected chi connectivity index (χ4v) is 2.40. The zero-order valence-electron chi connectivity index (χ0n) is 12.0. The Bertz CT molecular complexity index is 536. The van der Waals surface area contributed by atoms with Crippen LogP contribution in [0.5, 0.6) is 0 Å². The first-order chi connectivity index (χ1) is 9.88. The number of nitrogens with one attached hydrogen (secondary N) is 1. The van der Waals surface area contributed by atoms with Crippen LogP contribution in [-0.2, 0) is 11.3 Å². The number of carbonyl (C=O) groups is 1. The number of hydrogen-bond acceptors (Lipinski definition) is 3. The maximum atomic E-state index is 13.7. The predicted molar refractivity (Wildman–Crippen MR) is 72.1 cm³/mol. The number of likely N-dealkylation sites (N-methyl/N-ethyl adjacent to an activating group) is 1. The van der Waals surface area contributed by atoms with Gasteiger partial charge in [0.25, 0.3) is 0 Å². The van der Waals surface area contributed by atoms with Crippen molar-refractivity contribution in [3.05, 3.63) is 35.1 Å². The lowest BCUT2D eigenvalue weighted by molar-refractivity contribution is -0.132. The lowest BCUT2D eigenvalue weighted by Crippen LogP contribution is -2.56. The first-order valence-electron chi connectivity index (χ1n) is 6.69. The third-order valence-electron chi connectivity index (χ3n) is 3.46. The van der Waals surface area contributed by atoms with E-state index in [-0.39, 0.29) is 18.0 Å². The van der Waals surface area contributed by atoms with Gasteiger partial charge in [-0.05, 0) is 6.07 Å². The molecule has 1 aliphatic rings. The van der Waals surface area contributed by atoms with E-state index in [2.05, 4.69) is 5.32 Å². The first kappa shape index (κ1) is 15.8. The molecule has 0 bridgehead atoms. The molecule has 1 aromatic carbocycles. The summed E-state index contributed by atoms with van der Waals surface area (Å²) < 4.78 is 40.0. The van der Waals surface area contributed by atoms with Crippen LogP contribution in [0.25, 0.3) is 0 Å². The van der Waals surface area contributed by atoms with Crippen molar-refractivity contribution in [1.82, 2.24) is 15.1 Å². The molecular weight excluding hydrogens is 283 g/mol. The number of carbonyl (C=O) groups excluding carboxylic acids is 1. The van der Waals surface area contributed by atoms with Crippen molar-refractivity contribution in [2.75, 3.05) is 33.7 Å². The molecule has 1 amide bonds. The Hall–Kier alpha value is -1.60. The largest absolute Gasteiger partial charge is 0.347 e. The van der Waals surface area contributed by atoms with Gasteiger partial charge in [0.1, 0.15) is 5.82 Å². The van der Waals surface area contributed by atoms with Crippen LogP contribution >= 0.6 is 0 Å². The van der Waals surface area contributed by atoms with Crippen molar-refractivity contribution >= 4 is 5.91 Å². The standard InChI is InChI=1S/C14H18F3N3O/c1-19(2)14(21)12-8-20(4-3-18-12)7-9-5-10(15)6-11(16)13(9)17/h5-6,12,18H,3-4,7-8H2,1-2H3/t12-/m0/s1. The van der Waals surface area contributed by atoms with E-state index >= 15 is 0 Å². The van der Waals surface area contributed by atoms with Crippen LogP contribution in [0.15, 0.2) is 12.1 Å². The van der Waals surface area contributed by atoms with E-state index in [4.69, 9.17) is 0 Å². The average molecular weight is 301 g/mol. The fourth-order valence-electron chi connectivity index (χ4n) is 2.40. The zero-order valence-corrected chi connectivity index (χ0v) is 12.0. The van der Waals surface area contributed by atoms with Gasteiger partial charge in [0, 0.05) is 51.9 Å². The van der Waals surface area contributed by atoms with Crippen molar-refractivity contribution in [2.45, 2.75) is 12.6 Å². The minimum Gasteiger partial charge on any atom is -0.347 e. The van der Waals surface area contributed by atoms with Gasteiger partial charge in [-0.15, -0.1) is 0 Å². The summed E-state index contributed by atoms with van der Waals surface area (Å²) in [4.78, 5) is 15.2. The topological polar surface area (TPSA) is 35.6 Å². The van der Waals surface area contributed by atoms with Gasteiger partial charge in [0.15, 0.2) is 11.6 Å². The summed E-state index contributed by atoms with van der Waals surface area (Å²) in [6.45, 7) is 1.58. The van der Waals surface area contributed by atoms with E-state index in [1.54, 1.807) is 19.0 Å². The molecule has 1 saturated heterocycles. The fraction of sp³-hybridized carbons (Fsp3) is 0.500. The van der Waals surface area contributed by atoms with Gasteiger partial charge in [-0.25, -0.2) is 13.2 Å². The minimum atomic E-state index is -1.19. The van der Waals surface area contributed by atoms with E-state index in [1.165, 1.54) is 4.90 Å². The predicted octanol–water partition coefficient (Wildman–Crippen LogP) is 0.966. The van der Waals surface area contributed by atoms with Crippen LogP contribution < -0.4 is 5.32 Å². The second-order valence-electron chi connectivity index (χ2n) is 5.34. The van der Waals surface area contributed by atoms with E-state index in [1.807, 2.05) is 0 Å². The molecule has 1 heterocycles. The van der Waals surface area contributed by atoms with Crippen LogP contribution in [-0.4, -0.2) is 55.5 Å². The quantitative estimate of drug-likeness (QED) is 0.845. The molecule has 7 heteroatoms. The highest BCUT2D eigenvalue weighted by Gasteiger charge is 2.27. The summed E-state index contributed by atoms with van der Waals surface area (Å²) in [7, 11) is 3.31. The molecule has 0 unspecified atom stereocenters. The van der Waals surface area contributed by atoms with Crippen LogP contribution in [0.1, 0.15) is 5.56 Å². The second-order valence-corrected chi connectivity index (χ2v) is 5.34. The second kappa shape index (κ2) is 6.44. The molecule has 0 aromatic heterocycles. The van der Waals surface area contributed by atoms with Crippen molar-refractivity contribution in [3.63, 3.8) is 0 Å². The molecule has 1 aliphatic heterocycles. The molecule has 0 aliphatic carbocycles. The molecule has 2 rings (SSSR count). The Balaban J connectivity index is 2.08. The molecule has 4 nitrogen and oxygen atoms in total. The summed E-state index contributed by atoms with van der Waals surface area (Å²) in [6.07, 6.45) is 0. The maximum Gasteiger partial charge on any atom is 0.240 e. The number of hydrogen-bond donors (Lipinski definition) is 1. The Labute approximate surface area is 121 Å². The number of piperazine rings is 1. The molecule has 0 saturated carbocycles. The van der Waals surface area contributed by atoms with Crippen molar-refractivity contribution in [3.8, 4) is 0 Å². The highest BCUT2D eigenvalue weighted by Crippen LogP contribution is 2.17. The molecule has 116 valence electrons. The van der Waals surface area contributed by atoms with Crippen LogP contribution in [0.3, 0.4) is 0 Å². The van der Waals surface area contributed by atoms with E-state index in [9.17, 15) is 18.0 Å². The smallest absolute Gasteiger partial charge is 0.240 e. The number of benzene rings is 1. The molecule has 1 N–H and O–H groups in total. The third-order valence-corrected chi connectivity index (χ3v) is 3.46. The molecule has 0 radical (unpaired) electrons. The molecule has 1 atom stereocenters.